The van der Waals surface area contributed by atoms with Gasteiger partial charge in [-0.2, -0.15) is 4.80 Å². The van der Waals surface area contributed by atoms with E-state index in [9.17, 15) is 0 Å². The second kappa shape index (κ2) is 5.05. The molecule has 0 aliphatic rings. The third kappa shape index (κ3) is 3.10. The zero-order valence-electron chi connectivity index (χ0n) is 10.4. The van der Waals surface area contributed by atoms with Crippen LogP contribution in [0.1, 0.15) is 29.9 Å². The molecule has 17 heavy (non-hydrogen) atoms. The zero-order valence-corrected chi connectivity index (χ0v) is 10.4. The van der Waals surface area contributed by atoms with E-state index >= 15 is 0 Å². The predicted octanol–water partition coefficient (Wildman–Crippen LogP) is 1.37. The van der Waals surface area contributed by atoms with E-state index in [0.29, 0.717) is 12.4 Å². The number of nitrogens with one attached hydrogen (secondary N) is 1. The maximum Gasteiger partial charge on any atom is 0.188 e. The number of rotatable bonds is 4. The van der Waals surface area contributed by atoms with Crippen molar-refractivity contribution in [3.63, 3.8) is 0 Å². The third-order valence-electron chi connectivity index (χ3n) is 2.66. The summed E-state index contributed by atoms with van der Waals surface area (Å²) >= 11 is 0. The molecule has 0 unspecified atom stereocenters. The molecule has 0 saturated carbocycles. The average molecular weight is 231 g/mol. The minimum absolute atomic E-state index is 0.277. The first kappa shape index (κ1) is 11.7. The highest BCUT2D eigenvalue weighted by Crippen LogP contribution is 2.13. The maximum absolute atomic E-state index is 4.13. The molecule has 0 radical (unpaired) electrons. The molecule has 5 nitrogen and oxygen atoms in total. The number of aryl methyl sites for hydroxylation is 2. The first-order chi connectivity index (χ1) is 8.15. The fourth-order valence-corrected chi connectivity index (χ4v) is 1.70. The van der Waals surface area contributed by atoms with Gasteiger partial charge in [-0.15, -0.1) is 10.2 Å². The smallest absolute Gasteiger partial charge is 0.188 e. The van der Waals surface area contributed by atoms with E-state index < -0.39 is 0 Å². The maximum atomic E-state index is 4.13. The summed E-state index contributed by atoms with van der Waals surface area (Å²) in [5.41, 5.74) is 2.54. The Morgan fingerprint density at radius 3 is 2.88 bits per heavy atom. The van der Waals surface area contributed by atoms with Gasteiger partial charge in [0.25, 0.3) is 0 Å². The van der Waals surface area contributed by atoms with Crippen LogP contribution in [0.3, 0.4) is 0 Å². The van der Waals surface area contributed by atoms with Gasteiger partial charge in [0, 0.05) is 6.04 Å². The van der Waals surface area contributed by atoms with E-state index in [2.05, 4.69) is 58.8 Å². The molecule has 2 rings (SSSR count). The Balaban J connectivity index is 1.95. The van der Waals surface area contributed by atoms with Crippen molar-refractivity contribution >= 4 is 0 Å². The van der Waals surface area contributed by atoms with E-state index in [0.717, 1.165) is 0 Å². The summed E-state index contributed by atoms with van der Waals surface area (Å²) in [6.07, 6.45) is 0. The minimum atomic E-state index is 0.277. The standard InChI is InChI=1S/C12H17N5/c1-9-5-4-6-11(7-9)10(2)13-8-12-14-16-17(3)15-12/h4-7,10,13H,8H2,1-3H3/t10-/m1/s1. The topological polar surface area (TPSA) is 55.6 Å². The number of hydrogen-bond donors (Lipinski definition) is 1. The van der Waals surface area contributed by atoms with Crippen molar-refractivity contribution in [3.8, 4) is 0 Å². The molecule has 0 spiro atoms. The first-order valence-corrected chi connectivity index (χ1v) is 5.68. The van der Waals surface area contributed by atoms with Crippen molar-refractivity contribution in [3.05, 3.63) is 41.2 Å². The van der Waals surface area contributed by atoms with Crippen LogP contribution in [0.15, 0.2) is 24.3 Å². The van der Waals surface area contributed by atoms with Gasteiger partial charge >= 0.3 is 0 Å². The lowest BCUT2D eigenvalue weighted by atomic mass is 10.1. The van der Waals surface area contributed by atoms with Crippen LogP contribution in [0, 0.1) is 6.92 Å². The summed E-state index contributed by atoms with van der Waals surface area (Å²) in [4.78, 5) is 1.47. The highest BCUT2D eigenvalue weighted by Gasteiger charge is 2.06. The molecular weight excluding hydrogens is 214 g/mol. The van der Waals surface area contributed by atoms with Crippen LogP contribution in [0.4, 0.5) is 0 Å². The van der Waals surface area contributed by atoms with Crippen molar-refractivity contribution in [2.45, 2.75) is 26.4 Å². The van der Waals surface area contributed by atoms with Crippen LogP contribution in [0.25, 0.3) is 0 Å². The number of aromatic nitrogens is 4. The monoisotopic (exact) mass is 231 g/mol. The minimum Gasteiger partial charge on any atom is -0.303 e. The van der Waals surface area contributed by atoms with E-state index in [-0.39, 0.29) is 6.04 Å². The molecule has 5 heteroatoms. The predicted molar refractivity (Wildman–Crippen MR) is 65.2 cm³/mol. The summed E-state index contributed by atoms with van der Waals surface area (Å²) in [6, 6.07) is 8.75. The number of nitrogens with zero attached hydrogens (tertiary/aromatic N) is 4. The fourth-order valence-electron chi connectivity index (χ4n) is 1.70. The van der Waals surface area contributed by atoms with Gasteiger partial charge in [-0.25, -0.2) is 0 Å². The van der Waals surface area contributed by atoms with Crippen LogP contribution in [0.5, 0.6) is 0 Å². The Morgan fingerprint density at radius 1 is 1.41 bits per heavy atom. The Bertz CT molecular complexity index is 491. The van der Waals surface area contributed by atoms with Gasteiger partial charge in [-0.3, -0.25) is 0 Å². The summed E-state index contributed by atoms with van der Waals surface area (Å²) in [5.74, 6) is 0.715. The second-order valence-electron chi connectivity index (χ2n) is 4.21. The van der Waals surface area contributed by atoms with E-state index in [4.69, 9.17) is 0 Å². The molecule has 0 bridgehead atoms. The lowest BCUT2D eigenvalue weighted by Crippen LogP contribution is -2.19. The van der Waals surface area contributed by atoms with Crippen LogP contribution in [-0.2, 0) is 13.6 Å². The number of hydrogen-bond acceptors (Lipinski definition) is 4. The number of tetrazole rings is 1. The molecule has 1 heterocycles. The highest BCUT2D eigenvalue weighted by atomic mass is 15.6. The van der Waals surface area contributed by atoms with Crippen LogP contribution < -0.4 is 5.32 Å². The summed E-state index contributed by atoms with van der Waals surface area (Å²) in [6.45, 7) is 4.86. The molecule has 1 N–H and O–H groups in total. The molecule has 1 atom stereocenters. The summed E-state index contributed by atoms with van der Waals surface area (Å²) in [7, 11) is 1.76. The average Bonchev–Trinajstić information content (AvgIpc) is 2.72. The van der Waals surface area contributed by atoms with Crippen molar-refractivity contribution in [1.82, 2.24) is 25.5 Å². The Hall–Kier alpha value is -1.75. The molecule has 0 saturated heterocycles. The zero-order chi connectivity index (χ0) is 12.3. The quantitative estimate of drug-likeness (QED) is 0.863. The summed E-state index contributed by atoms with van der Waals surface area (Å²) < 4.78 is 0. The Labute approximate surface area is 101 Å². The molecule has 2 aromatic rings. The van der Waals surface area contributed by atoms with Crippen molar-refractivity contribution < 1.29 is 0 Å². The Kier molecular flexibility index (Phi) is 3.49. The van der Waals surface area contributed by atoms with Gasteiger partial charge in [0.15, 0.2) is 5.82 Å². The third-order valence-corrected chi connectivity index (χ3v) is 2.66. The van der Waals surface area contributed by atoms with Gasteiger partial charge in [-0.05, 0) is 24.6 Å². The summed E-state index contributed by atoms with van der Waals surface area (Å²) in [5, 5.41) is 15.2. The fraction of sp³-hybridized carbons (Fsp3) is 0.417. The van der Waals surface area contributed by atoms with E-state index in [1.54, 1.807) is 7.05 Å². The molecule has 0 amide bonds. The second-order valence-corrected chi connectivity index (χ2v) is 4.21. The lowest BCUT2D eigenvalue weighted by molar-refractivity contribution is 0.555. The van der Waals surface area contributed by atoms with Gasteiger partial charge < -0.3 is 5.32 Å². The molecule has 0 aliphatic heterocycles. The molecule has 0 aliphatic carbocycles. The molecule has 1 aromatic heterocycles. The molecular formula is C12H17N5. The molecule has 90 valence electrons. The van der Waals surface area contributed by atoms with E-state index in [1.807, 2.05) is 0 Å². The molecule has 0 fully saturated rings. The first-order valence-electron chi connectivity index (χ1n) is 5.68. The van der Waals surface area contributed by atoms with Crippen LogP contribution in [0.2, 0.25) is 0 Å². The number of benzene rings is 1. The van der Waals surface area contributed by atoms with Gasteiger partial charge in [0.2, 0.25) is 0 Å². The lowest BCUT2D eigenvalue weighted by Gasteiger charge is -2.13. The van der Waals surface area contributed by atoms with Crippen molar-refractivity contribution in [1.29, 1.82) is 0 Å². The van der Waals surface area contributed by atoms with Crippen molar-refractivity contribution in [2.75, 3.05) is 0 Å². The van der Waals surface area contributed by atoms with Gasteiger partial charge in [-0.1, -0.05) is 29.8 Å². The largest absolute Gasteiger partial charge is 0.303 e. The molecule has 1 aromatic carbocycles. The van der Waals surface area contributed by atoms with Crippen LogP contribution in [-0.4, -0.2) is 20.2 Å². The van der Waals surface area contributed by atoms with Gasteiger partial charge in [0.1, 0.15) is 0 Å². The normalized spacial score (nSPS) is 12.6. The van der Waals surface area contributed by atoms with E-state index in [1.165, 1.54) is 15.9 Å². The van der Waals surface area contributed by atoms with Crippen LogP contribution >= 0.6 is 0 Å². The SMILES string of the molecule is Cc1cccc([C@@H](C)NCc2nnn(C)n2)c1. The Morgan fingerprint density at radius 2 is 2.24 bits per heavy atom. The van der Waals surface area contributed by atoms with Gasteiger partial charge in [0.05, 0.1) is 13.6 Å². The van der Waals surface area contributed by atoms with Crippen molar-refractivity contribution in [2.24, 2.45) is 7.05 Å². The highest BCUT2D eigenvalue weighted by molar-refractivity contribution is 5.24.